The summed E-state index contributed by atoms with van der Waals surface area (Å²) in [5.74, 6) is -0.766. The van der Waals surface area contributed by atoms with Gasteiger partial charge >= 0.3 is 5.97 Å². The molecule has 1 aliphatic rings. The number of hydrogen-bond acceptors (Lipinski definition) is 4. The SMILES string of the molecule is Cc1nc(CNC(=O)C2CCCCC2)sc1C(=O)O. The molecule has 0 atom stereocenters. The first kappa shape index (κ1) is 14.0. The minimum atomic E-state index is -0.958. The molecule has 19 heavy (non-hydrogen) atoms. The third-order valence-electron chi connectivity index (χ3n) is 3.42. The lowest BCUT2D eigenvalue weighted by Crippen LogP contribution is -2.31. The topological polar surface area (TPSA) is 79.3 Å². The monoisotopic (exact) mass is 282 g/mol. The molecule has 0 aliphatic heterocycles. The molecule has 1 aliphatic carbocycles. The van der Waals surface area contributed by atoms with Gasteiger partial charge in [-0.15, -0.1) is 11.3 Å². The van der Waals surface area contributed by atoms with Gasteiger partial charge in [-0.25, -0.2) is 9.78 Å². The van der Waals surface area contributed by atoms with E-state index in [1.807, 2.05) is 0 Å². The molecule has 1 aromatic heterocycles. The van der Waals surface area contributed by atoms with Crippen molar-refractivity contribution in [3.05, 3.63) is 15.6 Å². The molecule has 2 rings (SSSR count). The van der Waals surface area contributed by atoms with Crippen LogP contribution < -0.4 is 5.32 Å². The van der Waals surface area contributed by atoms with Crippen LogP contribution in [-0.2, 0) is 11.3 Å². The highest BCUT2D eigenvalue weighted by Gasteiger charge is 2.21. The highest BCUT2D eigenvalue weighted by Crippen LogP contribution is 2.24. The molecule has 0 spiro atoms. The minimum Gasteiger partial charge on any atom is -0.477 e. The van der Waals surface area contributed by atoms with Crippen molar-refractivity contribution in [2.24, 2.45) is 5.92 Å². The number of hydrogen-bond donors (Lipinski definition) is 2. The lowest BCUT2D eigenvalue weighted by atomic mass is 9.89. The first-order valence-corrected chi connectivity index (χ1v) is 7.37. The Kier molecular flexibility index (Phi) is 4.52. The molecule has 5 nitrogen and oxygen atoms in total. The van der Waals surface area contributed by atoms with E-state index in [1.54, 1.807) is 6.92 Å². The summed E-state index contributed by atoms with van der Waals surface area (Å²) in [5.41, 5.74) is 0.513. The number of aryl methyl sites for hydroxylation is 1. The van der Waals surface area contributed by atoms with E-state index in [1.165, 1.54) is 6.42 Å². The predicted octanol–water partition coefficient (Wildman–Crippen LogP) is 2.35. The Morgan fingerprint density at radius 1 is 1.37 bits per heavy atom. The smallest absolute Gasteiger partial charge is 0.347 e. The van der Waals surface area contributed by atoms with Gasteiger partial charge in [-0.3, -0.25) is 4.79 Å². The molecule has 0 saturated heterocycles. The maximum Gasteiger partial charge on any atom is 0.347 e. The quantitative estimate of drug-likeness (QED) is 0.888. The number of aromatic carboxylic acids is 1. The van der Waals surface area contributed by atoms with E-state index in [4.69, 9.17) is 5.11 Å². The molecule has 0 aromatic carbocycles. The average Bonchev–Trinajstić information content (AvgIpc) is 2.78. The van der Waals surface area contributed by atoms with E-state index >= 15 is 0 Å². The molecule has 1 amide bonds. The first-order valence-electron chi connectivity index (χ1n) is 6.55. The number of thiazole rings is 1. The summed E-state index contributed by atoms with van der Waals surface area (Å²) < 4.78 is 0. The van der Waals surface area contributed by atoms with E-state index in [2.05, 4.69) is 10.3 Å². The van der Waals surface area contributed by atoms with E-state index < -0.39 is 5.97 Å². The summed E-state index contributed by atoms with van der Waals surface area (Å²) >= 11 is 1.13. The zero-order chi connectivity index (χ0) is 13.8. The number of carboxylic acids is 1. The van der Waals surface area contributed by atoms with Crippen molar-refractivity contribution in [2.75, 3.05) is 0 Å². The van der Waals surface area contributed by atoms with Gasteiger partial charge < -0.3 is 10.4 Å². The van der Waals surface area contributed by atoms with Gasteiger partial charge in [-0.1, -0.05) is 19.3 Å². The van der Waals surface area contributed by atoms with Crippen LogP contribution in [0, 0.1) is 12.8 Å². The van der Waals surface area contributed by atoms with E-state index in [0.717, 1.165) is 37.0 Å². The fraction of sp³-hybridized carbons (Fsp3) is 0.615. The fourth-order valence-corrected chi connectivity index (χ4v) is 3.24. The minimum absolute atomic E-state index is 0.0735. The van der Waals surface area contributed by atoms with Gasteiger partial charge in [0.25, 0.3) is 0 Å². The van der Waals surface area contributed by atoms with Gasteiger partial charge in [0.1, 0.15) is 9.88 Å². The predicted molar refractivity (Wildman–Crippen MR) is 72.2 cm³/mol. The van der Waals surface area contributed by atoms with Crippen LogP contribution in [0.4, 0.5) is 0 Å². The summed E-state index contributed by atoms with van der Waals surface area (Å²) in [4.78, 5) is 27.3. The van der Waals surface area contributed by atoms with Crippen molar-refractivity contribution >= 4 is 23.2 Å². The number of amides is 1. The number of nitrogens with zero attached hydrogens (tertiary/aromatic N) is 1. The van der Waals surface area contributed by atoms with Gasteiger partial charge in [0.15, 0.2) is 0 Å². The second-order valence-corrected chi connectivity index (χ2v) is 5.96. The summed E-state index contributed by atoms with van der Waals surface area (Å²) in [6.45, 7) is 2.00. The van der Waals surface area contributed by atoms with E-state index in [-0.39, 0.29) is 16.7 Å². The van der Waals surface area contributed by atoms with Crippen molar-refractivity contribution in [1.82, 2.24) is 10.3 Å². The molecule has 1 heterocycles. The number of rotatable bonds is 4. The molecule has 1 fully saturated rings. The molecule has 1 aromatic rings. The molecule has 2 N–H and O–H groups in total. The van der Waals surface area contributed by atoms with Crippen LogP contribution in [-0.4, -0.2) is 22.0 Å². The summed E-state index contributed by atoms with van der Waals surface area (Å²) in [6.07, 6.45) is 5.39. The largest absolute Gasteiger partial charge is 0.477 e. The Morgan fingerprint density at radius 3 is 2.63 bits per heavy atom. The van der Waals surface area contributed by atoms with Crippen molar-refractivity contribution < 1.29 is 14.7 Å². The van der Waals surface area contributed by atoms with Crippen molar-refractivity contribution in [2.45, 2.75) is 45.6 Å². The van der Waals surface area contributed by atoms with Crippen LogP contribution in [0.25, 0.3) is 0 Å². The second kappa shape index (κ2) is 6.14. The number of carbonyl (C=O) groups excluding carboxylic acids is 1. The van der Waals surface area contributed by atoms with Crippen LogP contribution in [0.5, 0.6) is 0 Å². The van der Waals surface area contributed by atoms with Crippen LogP contribution in [0.3, 0.4) is 0 Å². The zero-order valence-electron chi connectivity index (χ0n) is 10.9. The molecular formula is C13H18N2O3S. The highest BCUT2D eigenvalue weighted by atomic mass is 32.1. The lowest BCUT2D eigenvalue weighted by Gasteiger charge is -2.20. The normalized spacial score (nSPS) is 16.3. The van der Waals surface area contributed by atoms with Gasteiger partial charge in [0.2, 0.25) is 5.91 Å². The molecule has 0 unspecified atom stereocenters. The lowest BCUT2D eigenvalue weighted by molar-refractivity contribution is -0.126. The van der Waals surface area contributed by atoms with Gasteiger partial charge in [-0.05, 0) is 19.8 Å². The van der Waals surface area contributed by atoms with Gasteiger partial charge in [-0.2, -0.15) is 0 Å². The Labute approximate surface area is 116 Å². The summed E-state index contributed by atoms with van der Waals surface area (Å²) in [7, 11) is 0. The molecule has 6 heteroatoms. The molecule has 1 saturated carbocycles. The highest BCUT2D eigenvalue weighted by molar-refractivity contribution is 7.13. The van der Waals surface area contributed by atoms with Crippen molar-refractivity contribution in [3.8, 4) is 0 Å². The van der Waals surface area contributed by atoms with Crippen LogP contribution in [0.2, 0.25) is 0 Å². The van der Waals surface area contributed by atoms with Crippen LogP contribution in [0.1, 0.15) is 52.5 Å². The number of carbonyl (C=O) groups is 2. The third-order valence-corrected chi connectivity index (χ3v) is 4.57. The molecule has 104 valence electrons. The standard InChI is InChI=1S/C13H18N2O3S/c1-8-11(13(17)18)19-10(15-8)7-14-12(16)9-5-3-2-4-6-9/h9H,2-7H2,1H3,(H,14,16)(H,17,18). The fourth-order valence-electron chi connectivity index (χ4n) is 2.40. The van der Waals surface area contributed by atoms with Gasteiger partial charge in [0.05, 0.1) is 12.2 Å². The maximum atomic E-state index is 11.9. The molecular weight excluding hydrogens is 264 g/mol. The summed E-state index contributed by atoms with van der Waals surface area (Å²) in [5, 5.41) is 12.5. The molecule has 0 radical (unpaired) electrons. The Bertz CT molecular complexity index is 478. The van der Waals surface area contributed by atoms with Crippen LogP contribution in [0.15, 0.2) is 0 Å². The number of aromatic nitrogens is 1. The zero-order valence-corrected chi connectivity index (χ0v) is 11.8. The Balaban J connectivity index is 1.89. The third kappa shape index (κ3) is 3.53. The Hall–Kier alpha value is -1.43. The van der Waals surface area contributed by atoms with Crippen LogP contribution >= 0.6 is 11.3 Å². The maximum absolute atomic E-state index is 11.9. The van der Waals surface area contributed by atoms with E-state index in [9.17, 15) is 9.59 Å². The van der Waals surface area contributed by atoms with E-state index in [0.29, 0.717) is 17.2 Å². The second-order valence-electron chi connectivity index (χ2n) is 4.88. The summed E-state index contributed by atoms with van der Waals surface area (Å²) in [6, 6.07) is 0. The average molecular weight is 282 g/mol. The number of carboxylic acid groups (broad SMARTS) is 1. The Morgan fingerprint density at radius 2 is 2.05 bits per heavy atom. The van der Waals surface area contributed by atoms with Gasteiger partial charge in [0, 0.05) is 5.92 Å². The number of nitrogens with one attached hydrogen (secondary N) is 1. The van der Waals surface area contributed by atoms with Crippen molar-refractivity contribution in [3.63, 3.8) is 0 Å². The van der Waals surface area contributed by atoms with Crippen molar-refractivity contribution in [1.29, 1.82) is 0 Å². The molecule has 0 bridgehead atoms. The first-order chi connectivity index (χ1) is 9.08.